The number of thiocarbonyl (C=S) groups is 1. The van der Waals surface area contributed by atoms with Crippen LogP contribution in [0, 0.1) is 5.92 Å². The molecular formula is C7H13NS. The fourth-order valence-corrected chi connectivity index (χ4v) is 0.426. The molecule has 0 aromatic rings. The third kappa shape index (κ3) is 7.63. The second-order valence-corrected chi connectivity index (χ2v) is 2.92. The van der Waals surface area contributed by atoms with Crippen LogP contribution in [0.3, 0.4) is 0 Å². The molecule has 0 heterocycles. The molecule has 0 fully saturated rings. The monoisotopic (exact) mass is 143 g/mol. The van der Waals surface area contributed by atoms with Gasteiger partial charge in [-0.25, -0.2) is 0 Å². The lowest BCUT2D eigenvalue weighted by molar-refractivity contribution is 0.826. The van der Waals surface area contributed by atoms with Gasteiger partial charge in [-0.2, -0.15) is 0 Å². The van der Waals surface area contributed by atoms with E-state index in [4.69, 9.17) is 12.2 Å². The van der Waals surface area contributed by atoms with E-state index in [-0.39, 0.29) is 0 Å². The van der Waals surface area contributed by atoms with Crippen molar-refractivity contribution in [3.05, 3.63) is 12.3 Å². The molecule has 0 aromatic heterocycles. The minimum Gasteiger partial charge on any atom is -0.357 e. The zero-order chi connectivity index (χ0) is 7.28. The van der Waals surface area contributed by atoms with E-state index in [0.29, 0.717) is 5.92 Å². The third-order valence-electron chi connectivity index (χ3n) is 0.768. The van der Waals surface area contributed by atoms with Gasteiger partial charge in [0, 0.05) is 0 Å². The Balaban J connectivity index is 3.36. The first-order valence-electron chi connectivity index (χ1n) is 3.06. The van der Waals surface area contributed by atoms with Crippen LogP contribution in [0.1, 0.15) is 20.8 Å². The molecular weight excluding hydrogens is 130 g/mol. The van der Waals surface area contributed by atoms with Crippen molar-refractivity contribution in [3.63, 3.8) is 0 Å². The highest BCUT2D eigenvalue weighted by molar-refractivity contribution is 7.80. The average molecular weight is 143 g/mol. The second-order valence-electron chi connectivity index (χ2n) is 2.30. The standard InChI is InChI=1S/C7H13NS/c1-6(2)4-5-8-7(3)9/h4-6H,1-3H3,(H,8,9)/b5-4-. The fraction of sp³-hybridized carbons (Fsp3) is 0.571. The van der Waals surface area contributed by atoms with Crippen molar-refractivity contribution in [2.45, 2.75) is 20.8 Å². The van der Waals surface area contributed by atoms with Crippen LogP contribution in [0.4, 0.5) is 0 Å². The van der Waals surface area contributed by atoms with Gasteiger partial charge in [0.15, 0.2) is 0 Å². The molecule has 0 saturated carbocycles. The van der Waals surface area contributed by atoms with Crippen molar-refractivity contribution in [1.29, 1.82) is 0 Å². The van der Waals surface area contributed by atoms with Crippen molar-refractivity contribution in [2.24, 2.45) is 5.92 Å². The number of hydrogen-bond donors (Lipinski definition) is 1. The van der Waals surface area contributed by atoms with Crippen LogP contribution in [0.5, 0.6) is 0 Å². The zero-order valence-electron chi connectivity index (χ0n) is 6.14. The highest BCUT2D eigenvalue weighted by atomic mass is 32.1. The fourth-order valence-electron chi connectivity index (χ4n) is 0.358. The summed E-state index contributed by atoms with van der Waals surface area (Å²) in [5.41, 5.74) is 0. The van der Waals surface area contributed by atoms with E-state index in [2.05, 4.69) is 25.2 Å². The molecule has 0 spiro atoms. The highest BCUT2D eigenvalue weighted by Crippen LogP contribution is 1.90. The normalized spacial score (nSPS) is 10.7. The van der Waals surface area contributed by atoms with E-state index in [9.17, 15) is 0 Å². The van der Waals surface area contributed by atoms with E-state index < -0.39 is 0 Å². The third-order valence-corrected chi connectivity index (χ3v) is 0.886. The van der Waals surface area contributed by atoms with E-state index in [1.54, 1.807) is 0 Å². The topological polar surface area (TPSA) is 12.0 Å². The Morgan fingerprint density at radius 3 is 2.44 bits per heavy atom. The first-order valence-corrected chi connectivity index (χ1v) is 3.47. The molecule has 0 unspecified atom stereocenters. The Labute approximate surface area is 62.1 Å². The van der Waals surface area contributed by atoms with Crippen LogP contribution < -0.4 is 5.32 Å². The molecule has 0 rings (SSSR count). The summed E-state index contributed by atoms with van der Waals surface area (Å²) in [6.07, 6.45) is 3.95. The summed E-state index contributed by atoms with van der Waals surface area (Å²) in [4.78, 5) is 0.812. The molecule has 0 radical (unpaired) electrons. The molecule has 1 N–H and O–H groups in total. The van der Waals surface area contributed by atoms with Crippen molar-refractivity contribution in [2.75, 3.05) is 0 Å². The van der Waals surface area contributed by atoms with Gasteiger partial charge in [0.2, 0.25) is 0 Å². The van der Waals surface area contributed by atoms with Gasteiger partial charge in [0.25, 0.3) is 0 Å². The van der Waals surface area contributed by atoms with Gasteiger partial charge >= 0.3 is 0 Å². The Morgan fingerprint density at radius 2 is 2.11 bits per heavy atom. The van der Waals surface area contributed by atoms with E-state index in [0.717, 1.165) is 4.99 Å². The first-order chi connectivity index (χ1) is 4.13. The maximum Gasteiger partial charge on any atom is 0.0761 e. The first kappa shape index (κ1) is 8.63. The summed E-state index contributed by atoms with van der Waals surface area (Å²) >= 11 is 4.79. The molecule has 2 heteroatoms. The molecule has 1 nitrogen and oxygen atoms in total. The van der Waals surface area contributed by atoms with Crippen LogP contribution in [-0.4, -0.2) is 4.99 Å². The summed E-state index contributed by atoms with van der Waals surface area (Å²) in [6, 6.07) is 0. The molecule has 0 aliphatic carbocycles. The molecule has 0 amide bonds. The zero-order valence-corrected chi connectivity index (χ0v) is 6.96. The summed E-state index contributed by atoms with van der Waals surface area (Å²) in [6.45, 7) is 6.10. The van der Waals surface area contributed by atoms with Gasteiger partial charge in [-0.05, 0) is 19.0 Å². The molecule has 0 saturated heterocycles. The van der Waals surface area contributed by atoms with Gasteiger partial charge in [-0.3, -0.25) is 0 Å². The van der Waals surface area contributed by atoms with Gasteiger partial charge < -0.3 is 5.32 Å². The smallest absolute Gasteiger partial charge is 0.0761 e. The minimum atomic E-state index is 0.590. The number of nitrogens with one attached hydrogen (secondary N) is 1. The van der Waals surface area contributed by atoms with E-state index in [1.165, 1.54) is 0 Å². The Kier molecular flexibility index (Phi) is 4.32. The van der Waals surface area contributed by atoms with Gasteiger partial charge in [0.1, 0.15) is 0 Å². The maximum atomic E-state index is 4.79. The predicted molar refractivity (Wildman–Crippen MR) is 45.4 cm³/mol. The largest absolute Gasteiger partial charge is 0.357 e. The van der Waals surface area contributed by atoms with E-state index >= 15 is 0 Å². The summed E-state index contributed by atoms with van der Waals surface area (Å²) in [7, 11) is 0. The van der Waals surface area contributed by atoms with Crippen LogP contribution in [0.2, 0.25) is 0 Å². The number of allylic oxidation sites excluding steroid dienone is 1. The lowest BCUT2D eigenvalue weighted by Gasteiger charge is -1.95. The predicted octanol–water partition coefficient (Wildman–Crippen LogP) is 2.09. The molecule has 0 aliphatic rings. The van der Waals surface area contributed by atoms with E-state index in [1.807, 2.05) is 13.1 Å². The van der Waals surface area contributed by atoms with Gasteiger partial charge in [-0.1, -0.05) is 32.1 Å². The lowest BCUT2D eigenvalue weighted by atomic mass is 10.2. The molecule has 0 aromatic carbocycles. The average Bonchev–Trinajstić information content (AvgIpc) is 1.63. The van der Waals surface area contributed by atoms with Crippen LogP contribution in [0.25, 0.3) is 0 Å². The quantitative estimate of drug-likeness (QED) is 0.594. The molecule has 0 atom stereocenters. The number of rotatable bonds is 2. The Bertz CT molecular complexity index is 116. The molecule has 0 aliphatic heterocycles. The van der Waals surface area contributed by atoms with Crippen molar-refractivity contribution >= 4 is 17.2 Å². The summed E-state index contributed by atoms with van der Waals surface area (Å²) in [5.74, 6) is 0.590. The SMILES string of the molecule is CC(=S)N/C=C\C(C)C. The van der Waals surface area contributed by atoms with Gasteiger partial charge in [0.05, 0.1) is 4.99 Å². The van der Waals surface area contributed by atoms with Crippen molar-refractivity contribution < 1.29 is 0 Å². The number of hydrogen-bond acceptors (Lipinski definition) is 1. The Hall–Kier alpha value is -0.370. The molecule has 9 heavy (non-hydrogen) atoms. The van der Waals surface area contributed by atoms with Gasteiger partial charge in [-0.15, -0.1) is 0 Å². The minimum absolute atomic E-state index is 0.590. The Morgan fingerprint density at radius 1 is 1.56 bits per heavy atom. The van der Waals surface area contributed by atoms with Crippen molar-refractivity contribution in [3.8, 4) is 0 Å². The van der Waals surface area contributed by atoms with Crippen LogP contribution in [-0.2, 0) is 0 Å². The second kappa shape index (κ2) is 4.50. The summed E-state index contributed by atoms with van der Waals surface area (Å²) < 4.78 is 0. The van der Waals surface area contributed by atoms with Crippen LogP contribution >= 0.6 is 12.2 Å². The highest BCUT2D eigenvalue weighted by Gasteiger charge is 1.81. The lowest BCUT2D eigenvalue weighted by Crippen LogP contribution is -2.09. The van der Waals surface area contributed by atoms with Crippen LogP contribution in [0.15, 0.2) is 12.3 Å². The summed E-state index contributed by atoms with van der Waals surface area (Å²) in [5, 5.41) is 2.93. The molecule has 0 bridgehead atoms. The molecule has 52 valence electrons. The van der Waals surface area contributed by atoms with Crippen molar-refractivity contribution in [1.82, 2.24) is 5.32 Å². The maximum absolute atomic E-state index is 4.79.